The molecule has 0 amide bonds. The second-order valence-electron chi connectivity index (χ2n) is 24.5. The van der Waals surface area contributed by atoms with E-state index in [9.17, 15) is 9.90 Å². The number of carbonyl (C=O) groups is 1. The van der Waals surface area contributed by atoms with Crippen molar-refractivity contribution in [2.75, 3.05) is 0 Å². The van der Waals surface area contributed by atoms with Crippen molar-refractivity contribution in [1.82, 2.24) is 0 Å². The first-order valence-corrected chi connectivity index (χ1v) is 33.2. The summed E-state index contributed by atoms with van der Waals surface area (Å²) in [5.74, 6) is 6.17. The van der Waals surface area contributed by atoms with Crippen LogP contribution in [-0.2, 0) is 32.3 Å². The molecule has 0 aromatic heterocycles. The van der Waals surface area contributed by atoms with Crippen molar-refractivity contribution in [3.05, 3.63) is 47.6 Å². The number of aliphatic hydroxyl groups is 1. The van der Waals surface area contributed by atoms with E-state index in [-0.39, 0.29) is 75.8 Å². The fraction of sp³-hybridized carbons (Fsp3) is 0.792. The minimum absolute atomic E-state index is 0.0219. The van der Waals surface area contributed by atoms with Crippen LogP contribution in [0.25, 0.3) is 0 Å². The molecule has 1 N–H and O–H groups in total. The van der Waals surface area contributed by atoms with E-state index in [0.717, 1.165) is 29.6 Å². The molecule has 0 radical (unpaired) electrons. The van der Waals surface area contributed by atoms with Gasteiger partial charge in [-0.3, -0.25) is 4.79 Å². The zero-order valence-corrected chi connectivity index (χ0v) is 47.5. The van der Waals surface area contributed by atoms with Crippen LogP contribution in [0.5, 0.6) is 0 Å². The molecule has 2 saturated heterocycles. The standard InChI is InChI=1S/C53H94O8Si3/c1-35(2)25-23-28-43-44-30-29-41(56-44)27-24-26-36(3)42(54)33-46(59-62(17,18)51(8,9)10)40(7)37(4)31-39(6)49(60-63(19,20)52(11,12)13)50(61-64(21,22)53(14,15)16)47-32-38(5)45(57-47)34-48(55)58-43/h23,25,28,31,36,38,40-47,49-50,54H,6,27,29-30,32-34H2,1-5,7-22H3/b28-23+,37-31+/t36-,38+,40+,41-,42+,43+,44+,45-,46-,47+,49+,50-/m0/s1. The van der Waals surface area contributed by atoms with Crippen LogP contribution in [0.15, 0.2) is 47.6 Å². The van der Waals surface area contributed by atoms with Gasteiger partial charge in [0, 0.05) is 24.7 Å². The number of cyclic esters (lactones) is 1. The number of carbonyl (C=O) groups excluding carboxylic acids is 1. The third kappa shape index (κ3) is 15.5. The van der Waals surface area contributed by atoms with Crippen LogP contribution in [0.4, 0.5) is 0 Å². The molecule has 0 aliphatic carbocycles. The van der Waals surface area contributed by atoms with Crippen LogP contribution >= 0.6 is 0 Å². The second kappa shape index (κ2) is 22.2. The molecule has 12 atom stereocenters. The number of fused-ring (bicyclic) bond motifs is 4. The number of esters is 1. The minimum atomic E-state index is -2.44. The molecule has 3 aliphatic heterocycles. The molecule has 11 heteroatoms. The van der Waals surface area contributed by atoms with E-state index in [4.69, 9.17) is 34.1 Å². The Morgan fingerprint density at radius 2 is 1.38 bits per heavy atom. The molecule has 0 saturated carbocycles. The second-order valence-corrected chi connectivity index (χ2v) is 38.8. The third-order valence-corrected chi connectivity index (χ3v) is 29.0. The first-order chi connectivity index (χ1) is 29.1. The number of aliphatic hydroxyl groups excluding tert-OH is 1. The van der Waals surface area contributed by atoms with Crippen LogP contribution in [0, 0.1) is 29.6 Å². The van der Waals surface area contributed by atoms with Gasteiger partial charge in [-0.15, -0.1) is 5.92 Å². The summed E-state index contributed by atoms with van der Waals surface area (Å²) < 4.78 is 42.2. The molecule has 0 aromatic carbocycles. The van der Waals surface area contributed by atoms with Gasteiger partial charge in [0.15, 0.2) is 25.0 Å². The van der Waals surface area contributed by atoms with Crippen molar-refractivity contribution in [3.63, 3.8) is 0 Å². The van der Waals surface area contributed by atoms with Gasteiger partial charge < -0.3 is 32.6 Å². The van der Waals surface area contributed by atoms with E-state index in [0.29, 0.717) is 19.3 Å². The van der Waals surface area contributed by atoms with E-state index in [1.54, 1.807) is 0 Å². The maximum absolute atomic E-state index is 14.0. The Hall–Kier alpha value is -1.60. The molecule has 8 nitrogen and oxygen atoms in total. The van der Waals surface area contributed by atoms with E-state index < -0.39 is 49.4 Å². The summed E-state index contributed by atoms with van der Waals surface area (Å²) in [4.78, 5) is 14.0. The van der Waals surface area contributed by atoms with Crippen LogP contribution in [0.3, 0.4) is 0 Å². The lowest BCUT2D eigenvalue weighted by molar-refractivity contribution is -0.157. The molecule has 366 valence electrons. The number of hydrogen-bond donors (Lipinski definition) is 1. The quantitative estimate of drug-likeness (QED) is 0.111. The third-order valence-electron chi connectivity index (χ3n) is 15.6. The van der Waals surface area contributed by atoms with Gasteiger partial charge in [-0.2, -0.15) is 0 Å². The molecule has 2 fully saturated rings. The first kappa shape index (κ1) is 56.7. The first-order valence-electron chi connectivity index (χ1n) is 24.5. The van der Waals surface area contributed by atoms with Crippen molar-refractivity contribution < 1.29 is 37.4 Å². The summed E-state index contributed by atoms with van der Waals surface area (Å²) in [7, 11) is -7.15. The van der Waals surface area contributed by atoms with Crippen LogP contribution in [0.2, 0.25) is 54.4 Å². The molecular weight excluding hydrogens is 849 g/mol. The highest BCUT2D eigenvalue weighted by Crippen LogP contribution is 2.45. The molecule has 0 aromatic rings. The highest BCUT2D eigenvalue weighted by molar-refractivity contribution is 6.75. The summed E-state index contributed by atoms with van der Waals surface area (Å²) in [6.07, 6.45) is 7.94. The fourth-order valence-electron chi connectivity index (χ4n) is 7.76. The predicted molar refractivity (Wildman–Crippen MR) is 274 cm³/mol. The molecule has 3 rings (SSSR count). The maximum Gasteiger partial charge on any atom is 0.309 e. The number of allylic oxidation sites excluding steroid dienone is 3. The summed E-state index contributed by atoms with van der Waals surface area (Å²) in [5, 5.41) is 11.7. The van der Waals surface area contributed by atoms with Gasteiger partial charge in [-0.25, -0.2) is 0 Å². The Labute approximate surface area is 395 Å². The van der Waals surface area contributed by atoms with Crippen LogP contribution < -0.4 is 0 Å². The summed E-state index contributed by atoms with van der Waals surface area (Å²) in [5.41, 5.74) is 3.09. The van der Waals surface area contributed by atoms with Crippen molar-refractivity contribution in [2.45, 2.75) is 252 Å². The zero-order chi connectivity index (χ0) is 49.0. The van der Waals surface area contributed by atoms with Gasteiger partial charge in [-0.1, -0.05) is 118 Å². The summed E-state index contributed by atoms with van der Waals surface area (Å²) >= 11 is 0. The van der Waals surface area contributed by atoms with Gasteiger partial charge in [0.1, 0.15) is 12.2 Å². The molecular formula is C53H94O8Si3. The summed E-state index contributed by atoms with van der Waals surface area (Å²) in [6.45, 7) is 51.6. The largest absolute Gasteiger partial charge is 0.455 e. The smallest absolute Gasteiger partial charge is 0.309 e. The number of ether oxygens (including phenoxy) is 3. The zero-order valence-electron chi connectivity index (χ0n) is 44.5. The lowest BCUT2D eigenvalue weighted by Crippen LogP contribution is -2.55. The molecule has 3 aliphatic rings. The Morgan fingerprint density at radius 1 is 0.812 bits per heavy atom. The van der Waals surface area contributed by atoms with Crippen molar-refractivity contribution in [3.8, 4) is 11.8 Å². The van der Waals surface area contributed by atoms with E-state index in [1.165, 1.54) is 0 Å². The Balaban J connectivity index is 2.27. The van der Waals surface area contributed by atoms with Gasteiger partial charge in [0.2, 0.25) is 0 Å². The Morgan fingerprint density at radius 3 is 1.94 bits per heavy atom. The molecule has 64 heavy (non-hydrogen) atoms. The number of rotatable bonds is 8. The van der Waals surface area contributed by atoms with Crippen molar-refractivity contribution in [1.29, 1.82) is 0 Å². The molecule has 3 heterocycles. The SMILES string of the molecule is C=C1/C=C(\C)[C@@H](C)[C@@H](O[Si](C)(C)C(C)(C)C)C[C@@H](O)[C@@H](C)C#CC[C@H]2CC[C@@H](O2)[C@@H](/C=C/C=C(C)C)OC(=O)C[C@@H]2O[C@H](C[C@H]2C)[C@H](O[Si](C)(C)C(C)(C)C)[C@@H]1O[Si](C)(C)C(C)(C)C. The lowest BCUT2D eigenvalue weighted by atomic mass is 9.87. The predicted octanol–water partition coefficient (Wildman–Crippen LogP) is 13.3. The number of hydrogen-bond acceptors (Lipinski definition) is 8. The fourth-order valence-corrected chi connectivity index (χ4v) is 11.8. The van der Waals surface area contributed by atoms with Crippen LogP contribution in [-0.4, -0.2) is 91.0 Å². The highest BCUT2D eigenvalue weighted by atomic mass is 28.4. The topological polar surface area (TPSA) is 92.7 Å². The van der Waals surface area contributed by atoms with Crippen molar-refractivity contribution >= 4 is 30.9 Å². The van der Waals surface area contributed by atoms with Gasteiger partial charge in [0.05, 0.1) is 49.1 Å². The average Bonchev–Trinajstić information content (AvgIpc) is 3.75. The minimum Gasteiger partial charge on any atom is -0.455 e. The Bertz CT molecular complexity index is 1730. The lowest BCUT2D eigenvalue weighted by Gasteiger charge is -2.47. The average molecular weight is 944 g/mol. The van der Waals surface area contributed by atoms with Gasteiger partial charge >= 0.3 is 5.97 Å². The normalized spacial score (nSPS) is 33.6. The van der Waals surface area contributed by atoms with E-state index in [1.807, 2.05) is 39.0 Å². The maximum atomic E-state index is 14.0. The highest BCUT2D eigenvalue weighted by Gasteiger charge is 2.51. The van der Waals surface area contributed by atoms with Crippen molar-refractivity contribution in [2.24, 2.45) is 17.8 Å². The van der Waals surface area contributed by atoms with Gasteiger partial charge in [-0.05, 0) is 119 Å². The molecule has 4 bridgehead atoms. The molecule has 0 unspecified atom stereocenters. The van der Waals surface area contributed by atoms with Gasteiger partial charge in [0.25, 0.3) is 0 Å². The Kier molecular flexibility index (Phi) is 19.7. The van der Waals surface area contributed by atoms with E-state index in [2.05, 4.69) is 140 Å². The summed E-state index contributed by atoms with van der Waals surface area (Å²) in [6, 6.07) is 0. The molecule has 0 spiro atoms. The monoisotopic (exact) mass is 943 g/mol. The van der Waals surface area contributed by atoms with E-state index >= 15 is 0 Å². The van der Waals surface area contributed by atoms with Crippen LogP contribution in [0.1, 0.15) is 142 Å².